The van der Waals surface area contributed by atoms with Crippen molar-refractivity contribution in [1.29, 1.82) is 0 Å². The number of amides is 1. The van der Waals surface area contributed by atoms with Crippen LogP contribution in [0.2, 0.25) is 0 Å². The van der Waals surface area contributed by atoms with Crippen molar-refractivity contribution in [2.24, 2.45) is 0 Å². The number of carbonyl (C=O) groups is 1. The van der Waals surface area contributed by atoms with E-state index in [9.17, 15) is 4.79 Å². The SMILES string of the molecule is CNC(=O)c1ccccc1.[K]. The largest absolute Gasteiger partial charge is 0.355 e. The van der Waals surface area contributed by atoms with E-state index in [0.29, 0.717) is 5.56 Å². The smallest absolute Gasteiger partial charge is 0.251 e. The summed E-state index contributed by atoms with van der Waals surface area (Å²) in [6.45, 7) is 0. The number of rotatable bonds is 1. The van der Waals surface area contributed by atoms with Crippen LogP contribution in [0.5, 0.6) is 0 Å². The van der Waals surface area contributed by atoms with E-state index in [2.05, 4.69) is 5.32 Å². The first-order valence-corrected chi connectivity index (χ1v) is 3.11. The summed E-state index contributed by atoms with van der Waals surface area (Å²) in [4.78, 5) is 10.9. The van der Waals surface area contributed by atoms with E-state index in [1.54, 1.807) is 19.2 Å². The fourth-order valence-electron chi connectivity index (χ4n) is 0.734. The average molecular weight is 174 g/mol. The number of benzene rings is 1. The van der Waals surface area contributed by atoms with Gasteiger partial charge < -0.3 is 5.32 Å². The van der Waals surface area contributed by atoms with Crippen LogP contribution in [0.1, 0.15) is 10.4 Å². The quantitative estimate of drug-likeness (QED) is 0.623. The molecule has 1 rings (SSSR count). The van der Waals surface area contributed by atoms with Gasteiger partial charge in [-0.2, -0.15) is 0 Å². The molecular formula is C8H9KNO. The van der Waals surface area contributed by atoms with Crippen molar-refractivity contribution < 1.29 is 4.79 Å². The van der Waals surface area contributed by atoms with Crippen molar-refractivity contribution in [2.45, 2.75) is 0 Å². The Morgan fingerprint density at radius 2 is 1.82 bits per heavy atom. The predicted octanol–water partition coefficient (Wildman–Crippen LogP) is 0.665. The Kier molecular flexibility index (Phi) is 6.09. The van der Waals surface area contributed by atoms with Crippen LogP contribution in [-0.4, -0.2) is 64.3 Å². The summed E-state index contributed by atoms with van der Waals surface area (Å²) in [5, 5.41) is 2.54. The van der Waals surface area contributed by atoms with E-state index in [-0.39, 0.29) is 57.3 Å². The second-order valence-electron chi connectivity index (χ2n) is 1.95. The molecule has 1 radical (unpaired) electrons. The number of nitrogens with one attached hydrogen (secondary N) is 1. The van der Waals surface area contributed by atoms with Gasteiger partial charge in [-0.1, -0.05) is 18.2 Å². The minimum Gasteiger partial charge on any atom is -0.355 e. The molecule has 0 aliphatic rings. The molecular weight excluding hydrogens is 165 g/mol. The van der Waals surface area contributed by atoms with Gasteiger partial charge in [-0.05, 0) is 12.1 Å². The van der Waals surface area contributed by atoms with Crippen LogP contribution in [0.15, 0.2) is 30.3 Å². The summed E-state index contributed by atoms with van der Waals surface area (Å²) >= 11 is 0. The summed E-state index contributed by atoms with van der Waals surface area (Å²) in [5.74, 6) is -0.0411. The fraction of sp³-hybridized carbons (Fsp3) is 0.125. The molecule has 1 amide bonds. The van der Waals surface area contributed by atoms with E-state index in [1.807, 2.05) is 18.2 Å². The molecule has 2 nitrogen and oxygen atoms in total. The summed E-state index contributed by atoms with van der Waals surface area (Å²) in [6.07, 6.45) is 0. The van der Waals surface area contributed by atoms with Gasteiger partial charge in [0.25, 0.3) is 5.91 Å². The molecule has 0 aromatic heterocycles. The molecule has 0 saturated heterocycles. The zero-order valence-electron chi connectivity index (χ0n) is 6.79. The molecule has 0 atom stereocenters. The van der Waals surface area contributed by atoms with Crippen molar-refractivity contribution in [3.05, 3.63) is 35.9 Å². The second-order valence-corrected chi connectivity index (χ2v) is 1.95. The van der Waals surface area contributed by atoms with Crippen LogP contribution < -0.4 is 5.32 Å². The maximum absolute atomic E-state index is 10.9. The van der Waals surface area contributed by atoms with Gasteiger partial charge in [-0.15, -0.1) is 0 Å². The van der Waals surface area contributed by atoms with Gasteiger partial charge in [0.1, 0.15) is 0 Å². The zero-order valence-corrected chi connectivity index (χ0v) is 9.92. The minimum absolute atomic E-state index is 0. The van der Waals surface area contributed by atoms with Crippen LogP contribution in [0.25, 0.3) is 0 Å². The third-order valence-corrected chi connectivity index (χ3v) is 1.26. The topological polar surface area (TPSA) is 29.1 Å². The van der Waals surface area contributed by atoms with Gasteiger partial charge in [0.05, 0.1) is 0 Å². The van der Waals surface area contributed by atoms with E-state index in [0.717, 1.165) is 0 Å². The normalized spacial score (nSPS) is 8.09. The van der Waals surface area contributed by atoms with E-state index in [4.69, 9.17) is 0 Å². The zero-order chi connectivity index (χ0) is 7.40. The standard InChI is InChI=1S/C8H9NO.K/c1-9-8(10)7-5-3-2-4-6-7;/h2-6H,1H3,(H,9,10);. The predicted molar refractivity (Wildman–Crippen MR) is 45.6 cm³/mol. The Morgan fingerprint density at radius 1 is 1.27 bits per heavy atom. The van der Waals surface area contributed by atoms with Crippen LogP contribution in [0.3, 0.4) is 0 Å². The first kappa shape index (κ1) is 11.3. The van der Waals surface area contributed by atoms with E-state index < -0.39 is 0 Å². The van der Waals surface area contributed by atoms with Gasteiger partial charge in [-0.25, -0.2) is 0 Å². The molecule has 1 aromatic carbocycles. The first-order chi connectivity index (χ1) is 4.84. The van der Waals surface area contributed by atoms with E-state index in [1.165, 1.54) is 0 Å². The Hall–Kier alpha value is 0.326. The maximum Gasteiger partial charge on any atom is 0.251 e. The summed E-state index contributed by atoms with van der Waals surface area (Å²) < 4.78 is 0. The monoisotopic (exact) mass is 174 g/mol. The van der Waals surface area contributed by atoms with Gasteiger partial charge in [-0.3, -0.25) is 4.79 Å². The van der Waals surface area contributed by atoms with Crippen molar-refractivity contribution >= 4 is 57.3 Å². The van der Waals surface area contributed by atoms with Crippen molar-refractivity contribution in [1.82, 2.24) is 5.32 Å². The molecule has 11 heavy (non-hydrogen) atoms. The first-order valence-electron chi connectivity index (χ1n) is 3.11. The molecule has 1 aromatic rings. The molecule has 0 fully saturated rings. The minimum atomic E-state index is -0.0411. The third kappa shape index (κ3) is 3.49. The molecule has 0 heterocycles. The molecule has 0 aliphatic carbocycles. The number of hydrogen-bond donors (Lipinski definition) is 1. The average Bonchev–Trinajstić information content (AvgIpc) is 2.05. The van der Waals surface area contributed by atoms with Crippen molar-refractivity contribution in [3.63, 3.8) is 0 Å². The molecule has 0 saturated carbocycles. The van der Waals surface area contributed by atoms with Gasteiger partial charge in [0.15, 0.2) is 0 Å². The molecule has 3 heteroatoms. The van der Waals surface area contributed by atoms with Gasteiger partial charge in [0.2, 0.25) is 0 Å². The van der Waals surface area contributed by atoms with Gasteiger partial charge in [0, 0.05) is 64.0 Å². The molecule has 53 valence electrons. The number of hydrogen-bond acceptors (Lipinski definition) is 1. The maximum atomic E-state index is 10.9. The molecule has 0 aliphatic heterocycles. The fourth-order valence-corrected chi connectivity index (χ4v) is 0.734. The van der Waals surface area contributed by atoms with Crippen molar-refractivity contribution in [2.75, 3.05) is 7.05 Å². The van der Waals surface area contributed by atoms with Crippen LogP contribution in [0, 0.1) is 0 Å². The Labute approximate surface area is 109 Å². The van der Waals surface area contributed by atoms with Crippen molar-refractivity contribution in [3.8, 4) is 0 Å². The Bertz CT molecular complexity index is 223. The number of carbonyl (C=O) groups excluding carboxylic acids is 1. The Balaban J connectivity index is 0.000001000. The van der Waals surface area contributed by atoms with E-state index >= 15 is 0 Å². The van der Waals surface area contributed by atoms with Gasteiger partial charge >= 0.3 is 0 Å². The van der Waals surface area contributed by atoms with Crippen LogP contribution >= 0.6 is 0 Å². The second kappa shape index (κ2) is 5.91. The molecule has 0 unspecified atom stereocenters. The summed E-state index contributed by atoms with van der Waals surface area (Å²) in [7, 11) is 1.62. The van der Waals surface area contributed by atoms with Crippen LogP contribution in [-0.2, 0) is 0 Å². The molecule has 0 spiro atoms. The Morgan fingerprint density at radius 3 is 2.27 bits per heavy atom. The summed E-state index contributed by atoms with van der Waals surface area (Å²) in [6, 6.07) is 9.11. The van der Waals surface area contributed by atoms with Crippen LogP contribution in [0.4, 0.5) is 0 Å². The third-order valence-electron chi connectivity index (χ3n) is 1.26. The molecule has 1 N–H and O–H groups in total. The molecule has 0 bridgehead atoms. The summed E-state index contributed by atoms with van der Waals surface area (Å²) in [5.41, 5.74) is 0.699.